The first-order chi connectivity index (χ1) is 26.5. The molecule has 6 atom stereocenters. The molecule has 1 radical (unpaired) electrons. The molecule has 2 nitrogen and oxygen atoms in total. The van der Waals surface area contributed by atoms with Gasteiger partial charge in [-0.15, -0.1) is 0 Å². The van der Waals surface area contributed by atoms with Crippen LogP contribution in [-0.4, -0.2) is 25.4 Å². The van der Waals surface area contributed by atoms with Gasteiger partial charge in [0, 0.05) is 47.3 Å². The Hall–Kier alpha value is -0.276. The first-order valence-corrected chi connectivity index (χ1v) is 24.1. The van der Waals surface area contributed by atoms with E-state index >= 15 is 0 Å². The fourth-order valence-corrected chi connectivity index (χ4v) is 7.71. The average Bonchev–Trinajstić information content (AvgIpc) is 3.18. The SMILES string of the molecule is CC1=CCC(C)CC1.CC1=CCC(C)CC1.CC1CCC(C)CC1.CC1CCC(C)CC1.CC1CCC(C)OC1.CC1CCC(C)OC1.Cc1ccc(C)cc1.[HH].[Y]. The van der Waals surface area contributed by atoms with Gasteiger partial charge in [0.05, 0.1) is 12.2 Å². The van der Waals surface area contributed by atoms with Crippen LogP contribution in [0, 0.1) is 61.2 Å². The summed E-state index contributed by atoms with van der Waals surface area (Å²) in [6.07, 6.45) is 30.9. The molecule has 57 heavy (non-hydrogen) atoms. The third-order valence-electron chi connectivity index (χ3n) is 13.1. The number of aryl methyl sites for hydroxylation is 2. The Balaban J connectivity index is 0. The van der Waals surface area contributed by atoms with Gasteiger partial charge in [-0.2, -0.15) is 0 Å². The molecule has 1 aromatic carbocycles. The third-order valence-corrected chi connectivity index (χ3v) is 13.1. The zero-order chi connectivity index (χ0) is 41.9. The van der Waals surface area contributed by atoms with Crippen LogP contribution >= 0.6 is 0 Å². The number of rotatable bonds is 0. The normalized spacial score (nSPS) is 32.0. The van der Waals surface area contributed by atoms with Crippen LogP contribution in [0.15, 0.2) is 47.6 Å². The van der Waals surface area contributed by atoms with E-state index in [4.69, 9.17) is 9.47 Å². The summed E-state index contributed by atoms with van der Waals surface area (Å²) in [7, 11) is 0. The molecule has 6 unspecified atom stereocenters. The summed E-state index contributed by atoms with van der Waals surface area (Å²) < 4.78 is 10.8. The maximum Gasteiger partial charge on any atom is 0.0547 e. The van der Waals surface area contributed by atoms with Crippen molar-refractivity contribution in [3.63, 3.8) is 0 Å². The van der Waals surface area contributed by atoms with E-state index in [9.17, 15) is 0 Å². The molecule has 7 rings (SSSR count). The molecule has 2 saturated carbocycles. The second kappa shape index (κ2) is 34.3. The molecule has 2 aliphatic heterocycles. The second-order valence-corrected chi connectivity index (χ2v) is 20.4. The van der Waals surface area contributed by atoms with Crippen LogP contribution in [-0.2, 0) is 42.2 Å². The van der Waals surface area contributed by atoms with E-state index in [1.165, 1.54) is 127 Å². The van der Waals surface area contributed by atoms with E-state index in [1.54, 1.807) is 11.1 Å². The van der Waals surface area contributed by atoms with Gasteiger partial charge in [0.2, 0.25) is 0 Å². The van der Waals surface area contributed by atoms with Gasteiger partial charge < -0.3 is 9.47 Å². The van der Waals surface area contributed by atoms with Crippen LogP contribution in [0.5, 0.6) is 0 Å². The topological polar surface area (TPSA) is 18.5 Å². The molecule has 2 heterocycles. The van der Waals surface area contributed by atoms with Gasteiger partial charge >= 0.3 is 0 Å². The molecule has 4 fully saturated rings. The van der Waals surface area contributed by atoms with Crippen LogP contribution in [0.3, 0.4) is 0 Å². The fourth-order valence-electron chi connectivity index (χ4n) is 7.71. The predicted molar refractivity (Wildman–Crippen MR) is 253 cm³/mol. The van der Waals surface area contributed by atoms with Crippen molar-refractivity contribution in [2.45, 2.75) is 225 Å². The summed E-state index contributed by atoms with van der Waals surface area (Å²) in [6.45, 7) is 33.5. The third kappa shape index (κ3) is 33.1. The van der Waals surface area contributed by atoms with Crippen molar-refractivity contribution in [3.05, 3.63) is 58.7 Å². The van der Waals surface area contributed by atoms with Gasteiger partial charge in [-0.05, 0) is 153 Å². The van der Waals surface area contributed by atoms with E-state index in [-0.39, 0.29) is 34.1 Å². The molecule has 3 heteroatoms. The number of hydrogen-bond acceptors (Lipinski definition) is 2. The van der Waals surface area contributed by atoms with Gasteiger partial charge in [0.1, 0.15) is 0 Å². The van der Waals surface area contributed by atoms with Crippen molar-refractivity contribution in [2.75, 3.05) is 13.2 Å². The smallest absolute Gasteiger partial charge is 0.0547 e. The number of ether oxygens (including phenoxy) is 2. The molecule has 0 bridgehead atoms. The van der Waals surface area contributed by atoms with E-state index in [0.29, 0.717) is 12.2 Å². The first-order valence-electron chi connectivity index (χ1n) is 24.1. The molecule has 1 aromatic rings. The Morgan fingerprint density at radius 1 is 0.368 bits per heavy atom. The van der Waals surface area contributed by atoms with Gasteiger partial charge in [0.25, 0.3) is 0 Å². The zero-order valence-corrected chi connectivity index (χ0v) is 43.6. The van der Waals surface area contributed by atoms with Crippen LogP contribution < -0.4 is 0 Å². The standard InChI is InChI=1S/2C8H16.2C8H14.C8H10.2C7H14O.Y.H2/c5*1-7-3-5-8(2)6-4-7;2*1-6-3-4-7(2)8-5-6;;/h2*7-8H,3-6H2,1-2H3;2*3,8H,4-6H2,1-2H3;3-6H,1-2H3;2*6-7H,3-5H2,1-2H3;;1H. The van der Waals surface area contributed by atoms with Crippen LogP contribution in [0.2, 0.25) is 0 Å². The monoisotopic (exact) mass is 870 g/mol. The average molecular weight is 870 g/mol. The van der Waals surface area contributed by atoms with Crippen molar-refractivity contribution in [2.24, 2.45) is 47.3 Å². The van der Waals surface area contributed by atoms with Crippen molar-refractivity contribution >= 4 is 0 Å². The maximum atomic E-state index is 5.39. The molecule has 331 valence electrons. The van der Waals surface area contributed by atoms with E-state index in [1.807, 2.05) is 0 Å². The molecule has 0 spiro atoms. The molecule has 6 aliphatic rings. The number of hydrogen-bond donors (Lipinski definition) is 0. The zero-order valence-electron chi connectivity index (χ0n) is 40.8. The Morgan fingerprint density at radius 2 is 0.632 bits per heavy atom. The summed E-state index contributed by atoms with van der Waals surface area (Å²) in [5, 5.41) is 0. The largest absolute Gasteiger partial charge is 0.378 e. The molecular formula is C54H100O2Y. The molecule has 4 aliphatic carbocycles. The van der Waals surface area contributed by atoms with Crippen molar-refractivity contribution in [1.82, 2.24) is 0 Å². The van der Waals surface area contributed by atoms with Crippen molar-refractivity contribution in [1.29, 1.82) is 0 Å². The van der Waals surface area contributed by atoms with Crippen LogP contribution in [0.1, 0.15) is 211 Å². The summed E-state index contributed by atoms with van der Waals surface area (Å²) in [5.41, 5.74) is 5.83. The minimum atomic E-state index is 0. The second-order valence-electron chi connectivity index (χ2n) is 20.4. The number of allylic oxidation sites excluding steroid dienone is 4. The fraction of sp³-hybridized carbons (Fsp3) is 0.815. The first kappa shape index (κ1) is 56.7. The van der Waals surface area contributed by atoms with Crippen molar-refractivity contribution < 1.29 is 43.6 Å². The van der Waals surface area contributed by atoms with E-state index in [0.717, 1.165) is 60.6 Å². The Kier molecular flexibility index (Phi) is 34.2. The maximum absolute atomic E-state index is 5.39. The Bertz CT molecular complexity index is 945. The van der Waals surface area contributed by atoms with Gasteiger partial charge in [-0.3, -0.25) is 0 Å². The summed E-state index contributed by atoms with van der Waals surface area (Å²) >= 11 is 0. The summed E-state index contributed by atoms with van der Waals surface area (Å²) in [4.78, 5) is 0. The Morgan fingerprint density at radius 3 is 0.807 bits per heavy atom. The van der Waals surface area contributed by atoms with Crippen LogP contribution in [0.4, 0.5) is 0 Å². The summed E-state index contributed by atoms with van der Waals surface area (Å²) in [6, 6.07) is 8.48. The number of benzene rings is 1. The van der Waals surface area contributed by atoms with Gasteiger partial charge in [0.15, 0.2) is 0 Å². The predicted octanol–water partition coefficient (Wildman–Crippen LogP) is 17.4. The van der Waals surface area contributed by atoms with E-state index < -0.39 is 0 Å². The molecule has 0 amide bonds. The van der Waals surface area contributed by atoms with Crippen molar-refractivity contribution in [3.8, 4) is 0 Å². The molecule has 2 saturated heterocycles. The quantitative estimate of drug-likeness (QED) is 0.242. The minimum absolute atomic E-state index is 0. The molecular weight excluding hydrogens is 769 g/mol. The van der Waals surface area contributed by atoms with Crippen LogP contribution in [0.25, 0.3) is 0 Å². The summed E-state index contributed by atoms with van der Waals surface area (Å²) in [5.74, 6) is 7.56. The van der Waals surface area contributed by atoms with Gasteiger partial charge in [-0.1, -0.05) is 165 Å². The van der Waals surface area contributed by atoms with E-state index in [2.05, 4.69) is 133 Å². The molecule has 0 N–H and O–H groups in total. The Labute approximate surface area is 385 Å². The molecule has 0 aromatic heterocycles. The van der Waals surface area contributed by atoms with Gasteiger partial charge in [-0.25, -0.2) is 0 Å². The minimum Gasteiger partial charge on any atom is -0.378 e.